The molecular formula is C23H22F2N2OS. The molecule has 0 spiro atoms. The minimum Gasteiger partial charge on any atom is -0.380 e. The molecule has 0 saturated carbocycles. The van der Waals surface area contributed by atoms with Gasteiger partial charge in [0.05, 0.1) is 0 Å². The van der Waals surface area contributed by atoms with Crippen LogP contribution in [0, 0.1) is 11.6 Å². The van der Waals surface area contributed by atoms with Gasteiger partial charge in [-0.05, 0) is 66.8 Å². The van der Waals surface area contributed by atoms with Crippen LogP contribution in [0.1, 0.15) is 30.5 Å². The molecule has 1 heterocycles. The second-order valence-electron chi connectivity index (χ2n) is 6.34. The quantitative estimate of drug-likeness (QED) is 0.480. The number of hydrogen-bond donors (Lipinski definition) is 2. The van der Waals surface area contributed by atoms with Gasteiger partial charge in [-0.15, -0.1) is 11.8 Å². The van der Waals surface area contributed by atoms with Crippen LogP contribution in [-0.4, -0.2) is 10.7 Å². The molecule has 0 bridgehead atoms. The molecule has 0 aliphatic rings. The number of halogens is 2. The molecule has 0 amide bonds. The Morgan fingerprint density at radius 2 is 1.97 bits per heavy atom. The van der Waals surface area contributed by atoms with Gasteiger partial charge in [-0.2, -0.15) is 0 Å². The van der Waals surface area contributed by atoms with Crippen molar-refractivity contribution in [2.45, 2.75) is 25.3 Å². The van der Waals surface area contributed by atoms with Crippen molar-refractivity contribution in [2.24, 2.45) is 0 Å². The minimum absolute atomic E-state index is 0.124. The van der Waals surface area contributed by atoms with Crippen LogP contribution in [-0.2, 0) is 6.54 Å². The summed E-state index contributed by atoms with van der Waals surface area (Å²) < 4.78 is 27.5. The number of hydrogen-bond acceptors (Lipinski definition) is 3. The Morgan fingerprint density at radius 1 is 1.14 bits per heavy atom. The summed E-state index contributed by atoms with van der Waals surface area (Å²) in [6.07, 6.45) is 3.47. The summed E-state index contributed by atoms with van der Waals surface area (Å²) in [5.74, 6) is -0.0369. The number of thioether (sulfide) groups is 1. The van der Waals surface area contributed by atoms with Crippen molar-refractivity contribution in [3.63, 3.8) is 0 Å². The van der Waals surface area contributed by atoms with Crippen LogP contribution >= 0.6 is 11.8 Å². The predicted molar refractivity (Wildman–Crippen MR) is 116 cm³/mol. The number of aromatic amines is 1. The zero-order valence-corrected chi connectivity index (χ0v) is 17.1. The highest BCUT2D eigenvalue weighted by Crippen LogP contribution is 2.32. The number of aromatic nitrogens is 1. The lowest BCUT2D eigenvalue weighted by Crippen LogP contribution is -2.12. The highest BCUT2D eigenvalue weighted by Gasteiger charge is 2.14. The highest BCUT2D eigenvalue weighted by atomic mass is 32.2. The van der Waals surface area contributed by atoms with Crippen molar-refractivity contribution in [3.8, 4) is 0 Å². The van der Waals surface area contributed by atoms with Crippen LogP contribution < -0.4 is 10.9 Å². The van der Waals surface area contributed by atoms with Crippen molar-refractivity contribution in [1.29, 1.82) is 0 Å². The Kier molecular flexibility index (Phi) is 6.88. The van der Waals surface area contributed by atoms with Gasteiger partial charge >= 0.3 is 0 Å². The largest absolute Gasteiger partial charge is 0.380 e. The zero-order chi connectivity index (χ0) is 20.8. The fourth-order valence-corrected chi connectivity index (χ4v) is 3.81. The Bertz CT molecular complexity index is 1090. The standard InChI is InChI=1S/C23H22F2N2OS/c1-3-18(19-6-5-11-26-23(19)28)20-13-17(29-4-2)8-10-22(20)27-14-15-12-16(24)7-9-21(15)25/h3,5-13,27H,4,14H2,1-2H3,(H,26,28)/b18-3+. The van der Waals surface area contributed by atoms with Gasteiger partial charge < -0.3 is 10.3 Å². The monoisotopic (exact) mass is 412 g/mol. The van der Waals surface area contributed by atoms with Gasteiger partial charge in [-0.1, -0.05) is 13.0 Å². The Hall–Kier alpha value is -2.86. The zero-order valence-electron chi connectivity index (χ0n) is 16.3. The van der Waals surface area contributed by atoms with E-state index in [0.29, 0.717) is 5.56 Å². The third-order valence-corrected chi connectivity index (χ3v) is 5.34. The van der Waals surface area contributed by atoms with Crippen molar-refractivity contribution in [1.82, 2.24) is 4.98 Å². The summed E-state index contributed by atoms with van der Waals surface area (Å²) in [7, 11) is 0. The van der Waals surface area contributed by atoms with Gasteiger partial charge in [0.1, 0.15) is 11.6 Å². The van der Waals surface area contributed by atoms with Crippen LogP contribution in [0.2, 0.25) is 0 Å². The van der Waals surface area contributed by atoms with Crippen molar-refractivity contribution >= 4 is 23.0 Å². The number of H-pyrrole nitrogens is 1. The lowest BCUT2D eigenvalue weighted by Gasteiger charge is -2.16. The molecule has 2 aromatic carbocycles. The Labute approximate surface area is 172 Å². The smallest absolute Gasteiger partial charge is 0.255 e. The van der Waals surface area contributed by atoms with Crippen LogP contribution in [0.5, 0.6) is 0 Å². The number of allylic oxidation sites excluding steroid dienone is 1. The molecule has 0 aliphatic carbocycles. The summed E-state index contributed by atoms with van der Waals surface area (Å²) >= 11 is 1.69. The molecule has 3 nitrogen and oxygen atoms in total. The van der Waals surface area contributed by atoms with Gasteiger partial charge in [0.25, 0.3) is 5.56 Å². The third-order valence-electron chi connectivity index (χ3n) is 4.47. The summed E-state index contributed by atoms with van der Waals surface area (Å²) in [5, 5.41) is 3.20. The highest BCUT2D eigenvalue weighted by molar-refractivity contribution is 7.99. The first-order chi connectivity index (χ1) is 14.0. The van der Waals surface area contributed by atoms with E-state index in [1.54, 1.807) is 30.1 Å². The van der Waals surface area contributed by atoms with E-state index in [1.165, 1.54) is 6.07 Å². The van der Waals surface area contributed by atoms with Crippen LogP contribution in [0.3, 0.4) is 0 Å². The van der Waals surface area contributed by atoms with E-state index in [9.17, 15) is 13.6 Å². The summed E-state index contributed by atoms with van der Waals surface area (Å²) in [6.45, 7) is 4.07. The fraction of sp³-hybridized carbons (Fsp3) is 0.174. The van der Waals surface area contributed by atoms with E-state index in [0.717, 1.165) is 39.6 Å². The van der Waals surface area contributed by atoms with Crippen LogP contribution in [0.15, 0.2) is 70.5 Å². The maximum Gasteiger partial charge on any atom is 0.255 e. The van der Waals surface area contributed by atoms with Crippen molar-refractivity contribution < 1.29 is 8.78 Å². The molecule has 3 aromatic rings. The average molecular weight is 413 g/mol. The first-order valence-corrected chi connectivity index (χ1v) is 10.3. The SMILES string of the molecule is C/C=C(/c1cc(SCC)ccc1NCc1cc(F)ccc1F)c1ccc[nH]c1=O. The van der Waals surface area contributed by atoms with E-state index in [4.69, 9.17) is 0 Å². The van der Waals surface area contributed by atoms with Crippen LogP contribution in [0.25, 0.3) is 5.57 Å². The normalized spacial score (nSPS) is 11.5. The first-order valence-electron chi connectivity index (χ1n) is 9.33. The first kappa shape index (κ1) is 20.9. The summed E-state index contributed by atoms with van der Waals surface area (Å²) in [5.41, 5.74) is 2.95. The number of anilines is 1. The summed E-state index contributed by atoms with van der Waals surface area (Å²) in [6, 6.07) is 12.8. The molecule has 0 atom stereocenters. The molecule has 6 heteroatoms. The maximum atomic E-state index is 14.0. The molecule has 1 aromatic heterocycles. The van der Waals surface area contributed by atoms with Gasteiger partial charge in [-0.25, -0.2) is 8.78 Å². The Morgan fingerprint density at radius 3 is 2.69 bits per heavy atom. The average Bonchev–Trinajstić information content (AvgIpc) is 2.72. The number of pyridine rings is 1. The summed E-state index contributed by atoms with van der Waals surface area (Å²) in [4.78, 5) is 16.1. The van der Waals surface area contributed by atoms with E-state index in [1.807, 2.05) is 31.2 Å². The molecule has 0 saturated heterocycles. The van der Waals surface area contributed by atoms with Gasteiger partial charge in [0, 0.05) is 40.0 Å². The second kappa shape index (κ2) is 9.56. The molecule has 2 N–H and O–H groups in total. The van der Waals surface area contributed by atoms with E-state index < -0.39 is 11.6 Å². The second-order valence-corrected chi connectivity index (χ2v) is 7.68. The lowest BCUT2D eigenvalue weighted by atomic mass is 9.97. The van der Waals surface area contributed by atoms with Gasteiger partial charge in [-0.3, -0.25) is 4.79 Å². The van der Waals surface area contributed by atoms with Gasteiger partial charge in [0.15, 0.2) is 0 Å². The van der Waals surface area contributed by atoms with E-state index in [-0.39, 0.29) is 17.7 Å². The number of benzene rings is 2. The fourth-order valence-electron chi connectivity index (χ4n) is 3.12. The maximum absolute atomic E-state index is 14.0. The van der Waals surface area contributed by atoms with E-state index in [2.05, 4.69) is 17.2 Å². The van der Waals surface area contributed by atoms with E-state index >= 15 is 0 Å². The van der Waals surface area contributed by atoms with Crippen molar-refractivity contribution in [3.05, 3.63) is 99.5 Å². The number of nitrogens with one attached hydrogen (secondary N) is 2. The predicted octanol–water partition coefficient (Wildman–Crippen LogP) is 5.83. The van der Waals surface area contributed by atoms with Crippen LogP contribution in [0.4, 0.5) is 14.5 Å². The van der Waals surface area contributed by atoms with Crippen molar-refractivity contribution in [2.75, 3.05) is 11.1 Å². The molecule has 0 radical (unpaired) electrons. The molecule has 0 fully saturated rings. The minimum atomic E-state index is -0.483. The lowest BCUT2D eigenvalue weighted by molar-refractivity contribution is 0.587. The molecule has 0 unspecified atom stereocenters. The molecular weight excluding hydrogens is 390 g/mol. The van der Waals surface area contributed by atoms with Gasteiger partial charge in [0.2, 0.25) is 0 Å². The molecule has 0 aliphatic heterocycles. The molecule has 150 valence electrons. The number of rotatable bonds is 7. The third kappa shape index (κ3) is 4.95. The topological polar surface area (TPSA) is 44.9 Å². The molecule has 3 rings (SSSR count). The Balaban J connectivity index is 2.02. The molecule has 29 heavy (non-hydrogen) atoms.